The van der Waals surface area contributed by atoms with Gasteiger partial charge in [0.25, 0.3) is 0 Å². The third kappa shape index (κ3) is 6.69. The maximum absolute atomic E-state index is 5.88. The van der Waals surface area contributed by atoms with Gasteiger partial charge in [0.15, 0.2) is 0 Å². The van der Waals surface area contributed by atoms with Gasteiger partial charge in [-0.2, -0.15) is 0 Å². The van der Waals surface area contributed by atoms with Crippen molar-refractivity contribution in [3.05, 3.63) is 42.7 Å². The summed E-state index contributed by atoms with van der Waals surface area (Å²) in [5.41, 5.74) is 1.09. The lowest BCUT2D eigenvalue weighted by Crippen LogP contribution is -2.35. The van der Waals surface area contributed by atoms with Crippen LogP contribution in [0.5, 0.6) is 0 Å². The highest BCUT2D eigenvalue weighted by Crippen LogP contribution is 2.11. The van der Waals surface area contributed by atoms with Crippen molar-refractivity contribution in [1.29, 1.82) is 0 Å². The molecule has 1 heterocycles. The lowest BCUT2D eigenvalue weighted by Gasteiger charge is -2.22. The van der Waals surface area contributed by atoms with Crippen LogP contribution in [0.1, 0.15) is 24.8 Å². The SMILES string of the molecule is C=CCCCCO[Si](C)(C)OCc1cccnc1. The Hall–Kier alpha value is -0.973. The molecule has 0 unspecified atom stereocenters. The second-order valence-corrected chi connectivity index (χ2v) is 8.06. The summed E-state index contributed by atoms with van der Waals surface area (Å²) >= 11 is 0. The molecule has 0 bridgehead atoms. The molecule has 0 fully saturated rings. The van der Waals surface area contributed by atoms with E-state index < -0.39 is 8.56 Å². The average Bonchev–Trinajstić information content (AvgIpc) is 2.38. The first-order chi connectivity index (χ1) is 8.64. The Balaban J connectivity index is 2.20. The standard InChI is InChI=1S/C14H23NO2Si/c1-4-5-6-7-11-16-18(2,3)17-13-14-9-8-10-15-12-14/h4,8-10,12H,1,5-7,11,13H2,2-3H3. The predicted octanol–water partition coefficient (Wildman–Crippen LogP) is 3.67. The van der Waals surface area contributed by atoms with Crippen LogP contribution in [0.15, 0.2) is 37.2 Å². The smallest absolute Gasteiger partial charge is 0.332 e. The zero-order valence-corrected chi connectivity index (χ0v) is 12.4. The average molecular weight is 265 g/mol. The van der Waals surface area contributed by atoms with E-state index in [0.717, 1.165) is 31.4 Å². The van der Waals surface area contributed by atoms with Gasteiger partial charge in [-0.25, -0.2) is 0 Å². The summed E-state index contributed by atoms with van der Waals surface area (Å²) in [6.45, 7) is 9.23. The minimum absolute atomic E-state index is 0.583. The van der Waals surface area contributed by atoms with Gasteiger partial charge in [0.1, 0.15) is 0 Å². The Morgan fingerprint density at radius 1 is 1.33 bits per heavy atom. The van der Waals surface area contributed by atoms with Gasteiger partial charge >= 0.3 is 8.56 Å². The van der Waals surface area contributed by atoms with Crippen LogP contribution in [0.3, 0.4) is 0 Å². The predicted molar refractivity (Wildman–Crippen MR) is 76.5 cm³/mol. The molecule has 0 radical (unpaired) electrons. The number of hydrogen-bond donors (Lipinski definition) is 0. The number of rotatable bonds is 9. The number of hydrogen-bond acceptors (Lipinski definition) is 3. The van der Waals surface area contributed by atoms with Crippen molar-refractivity contribution in [2.75, 3.05) is 6.61 Å². The van der Waals surface area contributed by atoms with E-state index in [0.29, 0.717) is 6.61 Å². The Kier molecular flexibility index (Phi) is 6.86. The van der Waals surface area contributed by atoms with Gasteiger partial charge in [0.05, 0.1) is 6.61 Å². The lowest BCUT2D eigenvalue weighted by atomic mass is 10.2. The van der Waals surface area contributed by atoms with Crippen molar-refractivity contribution in [3.63, 3.8) is 0 Å². The quantitative estimate of drug-likeness (QED) is 0.388. The number of unbranched alkanes of at least 4 members (excludes halogenated alkanes) is 2. The van der Waals surface area contributed by atoms with E-state index in [1.807, 2.05) is 24.4 Å². The van der Waals surface area contributed by atoms with E-state index in [-0.39, 0.29) is 0 Å². The molecule has 0 N–H and O–H groups in total. The van der Waals surface area contributed by atoms with Gasteiger partial charge in [-0.15, -0.1) is 6.58 Å². The molecule has 0 spiro atoms. The van der Waals surface area contributed by atoms with Crippen LogP contribution < -0.4 is 0 Å². The Morgan fingerprint density at radius 2 is 2.17 bits per heavy atom. The van der Waals surface area contributed by atoms with Crippen molar-refractivity contribution in [1.82, 2.24) is 4.98 Å². The summed E-state index contributed by atoms with van der Waals surface area (Å²) in [7, 11) is -2.00. The highest BCUT2D eigenvalue weighted by atomic mass is 28.4. The number of aromatic nitrogens is 1. The van der Waals surface area contributed by atoms with Crippen LogP contribution in [0.2, 0.25) is 13.1 Å². The Morgan fingerprint density at radius 3 is 2.83 bits per heavy atom. The first kappa shape index (κ1) is 15.1. The highest BCUT2D eigenvalue weighted by Gasteiger charge is 2.24. The Labute approximate surface area is 111 Å². The maximum atomic E-state index is 5.88. The second-order valence-electron chi connectivity index (χ2n) is 4.68. The number of allylic oxidation sites excluding steroid dienone is 1. The van der Waals surface area contributed by atoms with Crippen LogP contribution in [-0.2, 0) is 15.5 Å². The number of nitrogens with zero attached hydrogens (tertiary/aromatic N) is 1. The molecular formula is C14H23NO2Si. The van der Waals surface area contributed by atoms with E-state index in [1.165, 1.54) is 0 Å². The molecule has 100 valence electrons. The van der Waals surface area contributed by atoms with Gasteiger partial charge in [-0.3, -0.25) is 4.98 Å². The normalized spacial score (nSPS) is 11.4. The molecule has 0 atom stereocenters. The van der Waals surface area contributed by atoms with Gasteiger partial charge in [-0.05, 0) is 44.0 Å². The fraction of sp³-hybridized carbons (Fsp3) is 0.500. The van der Waals surface area contributed by atoms with Crippen molar-refractivity contribution in [3.8, 4) is 0 Å². The van der Waals surface area contributed by atoms with E-state index in [2.05, 4.69) is 24.7 Å². The van der Waals surface area contributed by atoms with E-state index in [9.17, 15) is 0 Å². The van der Waals surface area contributed by atoms with Gasteiger partial charge in [0, 0.05) is 19.0 Å². The summed E-state index contributed by atoms with van der Waals surface area (Å²) in [6, 6.07) is 3.94. The molecule has 0 aromatic carbocycles. The lowest BCUT2D eigenvalue weighted by molar-refractivity contribution is 0.169. The van der Waals surface area contributed by atoms with Crippen LogP contribution in [0.25, 0.3) is 0 Å². The molecular weight excluding hydrogens is 242 g/mol. The Bertz CT molecular complexity index is 341. The molecule has 0 aliphatic heterocycles. The third-order valence-electron chi connectivity index (χ3n) is 2.56. The summed E-state index contributed by atoms with van der Waals surface area (Å²) in [5, 5.41) is 0. The fourth-order valence-electron chi connectivity index (χ4n) is 1.49. The van der Waals surface area contributed by atoms with Gasteiger partial charge in [-0.1, -0.05) is 12.1 Å². The third-order valence-corrected chi connectivity index (χ3v) is 4.30. The highest BCUT2D eigenvalue weighted by molar-refractivity contribution is 6.64. The van der Waals surface area contributed by atoms with Crippen molar-refractivity contribution in [2.45, 2.75) is 39.0 Å². The maximum Gasteiger partial charge on any atom is 0.332 e. The summed E-state index contributed by atoms with van der Waals surface area (Å²) < 4.78 is 11.7. The molecule has 1 aromatic rings. The largest absolute Gasteiger partial charge is 0.395 e. The minimum atomic E-state index is -2.00. The van der Waals surface area contributed by atoms with E-state index in [4.69, 9.17) is 8.85 Å². The fourth-order valence-corrected chi connectivity index (χ4v) is 2.72. The van der Waals surface area contributed by atoms with Crippen LogP contribution in [0.4, 0.5) is 0 Å². The van der Waals surface area contributed by atoms with Crippen LogP contribution >= 0.6 is 0 Å². The zero-order chi connectivity index (χ0) is 13.3. The zero-order valence-electron chi connectivity index (χ0n) is 11.4. The first-order valence-corrected chi connectivity index (χ1v) is 9.23. The van der Waals surface area contributed by atoms with Crippen molar-refractivity contribution in [2.24, 2.45) is 0 Å². The molecule has 4 heteroatoms. The topological polar surface area (TPSA) is 31.4 Å². The van der Waals surface area contributed by atoms with Gasteiger partial charge in [0.2, 0.25) is 0 Å². The van der Waals surface area contributed by atoms with Gasteiger partial charge < -0.3 is 8.85 Å². The van der Waals surface area contributed by atoms with E-state index in [1.54, 1.807) is 6.20 Å². The number of pyridine rings is 1. The minimum Gasteiger partial charge on any atom is -0.395 e. The summed E-state index contributed by atoms with van der Waals surface area (Å²) in [5.74, 6) is 0. The molecule has 0 saturated heterocycles. The second kappa shape index (κ2) is 8.19. The molecule has 1 aromatic heterocycles. The molecule has 0 amide bonds. The summed E-state index contributed by atoms with van der Waals surface area (Å²) in [6.07, 6.45) is 8.80. The molecule has 0 aliphatic carbocycles. The van der Waals surface area contributed by atoms with Crippen molar-refractivity contribution < 1.29 is 8.85 Å². The van der Waals surface area contributed by atoms with Crippen molar-refractivity contribution >= 4 is 8.56 Å². The first-order valence-electron chi connectivity index (χ1n) is 6.42. The van der Waals surface area contributed by atoms with Crippen LogP contribution in [0, 0.1) is 0 Å². The molecule has 1 rings (SSSR count). The molecule has 0 saturated carbocycles. The van der Waals surface area contributed by atoms with E-state index >= 15 is 0 Å². The molecule has 3 nitrogen and oxygen atoms in total. The molecule has 0 aliphatic rings. The molecule has 18 heavy (non-hydrogen) atoms. The summed E-state index contributed by atoms with van der Waals surface area (Å²) in [4.78, 5) is 4.07. The van der Waals surface area contributed by atoms with Crippen LogP contribution in [-0.4, -0.2) is 20.2 Å². The monoisotopic (exact) mass is 265 g/mol.